The van der Waals surface area contributed by atoms with Gasteiger partial charge in [-0.05, 0) is 45.6 Å². The van der Waals surface area contributed by atoms with Crippen LogP contribution < -0.4 is 5.73 Å². The van der Waals surface area contributed by atoms with Crippen molar-refractivity contribution >= 4 is 15.9 Å². The van der Waals surface area contributed by atoms with Gasteiger partial charge in [0.1, 0.15) is 5.82 Å². The average Bonchev–Trinajstić information content (AvgIpc) is 2.46. The summed E-state index contributed by atoms with van der Waals surface area (Å²) >= 11 is 3.35. The molecule has 3 N–H and O–H groups in total. The average molecular weight is 339 g/mol. The number of hydrogen-bond acceptors (Lipinski definition) is 3. The number of aliphatic hydroxyl groups is 1. The summed E-state index contributed by atoms with van der Waals surface area (Å²) in [4.78, 5) is 4.09. The number of benzene rings is 1. The summed E-state index contributed by atoms with van der Waals surface area (Å²) in [6, 6.07) is 8.32. The van der Waals surface area contributed by atoms with Crippen molar-refractivity contribution < 1.29 is 9.50 Å². The molecule has 0 radical (unpaired) electrons. The van der Waals surface area contributed by atoms with E-state index in [1.165, 1.54) is 6.07 Å². The summed E-state index contributed by atoms with van der Waals surface area (Å²) in [6.45, 7) is -0.0755. The lowest BCUT2D eigenvalue weighted by Gasteiger charge is -2.31. The predicted octanol–water partition coefficient (Wildman–Crippen LogP) is 2.41. The van der Waals surface area contributed by atoms with Crippen LogP contribution in [0.25, 0.3) is 0 Å². The third kappa shape index (κ3) is 3.06. The second-order valence-corrected chi connectivity index (χ2v) is 5.73. The van der Waals surface area contributed by atoms with Gasteiger partial charge in [-0.25, -0.2) is 4.39 Å². The maximum Gasteiger partial charge on any atom is 0.127 e. The van der Waals surface area contributed by atoms with Crippen LogP contribution in [-0.4, -0.2) is 23.2 Å². The summed E-state index contributed by atoms with van der Waals surface area (Å²) in [5, 5.41) is 9.81. The standard InChI is InChI=1S/C15H16BrFN2O/c16-12-5-11(7-19-8-12)6-15(9-18,10-20)13-3-1-2-4-14(13)17/h1-5,7-8,20H,6,9-10,18H2. The highest BCUT2D eigenvalue weighted by atomic mass is 79.9. The Morgan fingerprint density at radius 3 is 2.65 bits per heavy atom. The van der Waals surface area contributed by atoms with Gasteiger partial charge in [-0.2, -0.15) is 0 Å². The van der Waals surface area contributed by atoms with E-state index >= 15 is 0 Å². The third-order valence-corrected chi connectivity index (χ3v) is 3.88. The minimum absolute atomic E-state index is 0.150. The molecule has 0 saturated heterocycles. The van der Waals surface area contributed by atoms with Crippen molar-refractivity contribution in [2.45, 2.75) is 11.8 Å². The van der Waals surface area contributed by atoms with Crippen LogP contribution in [0.1, 0.15) is 11.1 Å². The fourth-order valence-electron chi connectivity index (χ4n) is 2.32. The largest absolute Gasteiger partial charge is 0.395 e. The fourth-order valence-corrected chi connectivity index (χ4v) is 2.73. The van der Waals surface area contributed by atoms with Crippen molar-refractivity contribution in [3.05, 3.63) is 64.1 Å². The first kappa shape index (κ1) is 15.1. The van der Waals surface area contributed by atoms with Crippen molar-refractivity contribution in [2.24, 2.45) is 5.73 Å². The Morgan fingerprint density at radius 2 is 2.05 bits per heavy atom. The van der Waals surface area contributed by atoms with Crippen molar-refractivity contribution in [3.8, 4) is 0 Å². The van der Waals surface area contributed by atoms with Gasteiger partial charge >= 0.3 is 0 Å². The summed E-state index contributed by atoms with van der Waals surface area (Å²) < 4.78 is 14.9. The SMILES string of the molecule is NCC(CO)(Cc1cncc(Br)c1)c1ccccc1F. The molecule has 106 valence electrons. The van der Waals surface area contributed by atoms with E-state index in [1.54, 1.807) is 30.6 Å². The molecule has 1 heterocycles. The molecular formula is C15H16BrFN2O. The Balaban J connectivity index is 2.42. The number of aromatic nitrogens is 1. The minimum Gasteiger partial charge on any atom is -0.395 e. The first-order valence-electron chi connectivity index (χ1n) is 6.27. The number of rotatable bonds is 5. The number of nitrogens with two attached hydrogens (primary N) is 1. The molecule has 0 bridgehead atoms. The molecule has 1 aromatic carbocycles. The molecular weight excluding hydrogens is 323 g/mol. The van der Waals surface area contributed by atoms with E-state index in [0.717, 1.165) is 10.0 Å². The number of hydrogen-bond donors (Lipinski definition) is 2. The monoisotopic (exact) mass is 338 g/mol. The fraction of sp³-hybridized carbons (Fsp3) is 0.267. The highest BCUT2D eigenvalue weighted by molar-refractivity contribution is 9.10. The van der Waals surface area contributed by atoms with Crippen LogP contribution in [0.3, 0.4) is 0 Å². The lowest BCUT2D eigenvalue weighted by molar-refractivity contribution is 0.192. The lowest BCUT2D eigenvalue weighted by Crippen LogP contribution is -2.41. The first-order chi connectivity index (χ1) is 9.61. The molecule has 20 heavy (non-hydrogen) atoms. The van der Waals surface area contributed by atoms with Crippen molar-refractivity contribution in [1.82, 2.24) is 4.98 Å². The molecule has 0 amide bonds. The van der Waals surface area contributed by atoms with Gasteiger partial charge in [0.05, 0.1) is 6.61 Å². The van der Waals surface area contributed by atoms with Crippen LogP contribution in [0.2, 0.25) is 0 Å². The van der Waals surface area contributed by atoms with Crippen LogP contribution in [0.5, 0.6) is 0 Å². The van der Waals surface area contributed by atoms with E-state index in [1.807, 2.05) is 6.07 Å². The molecule has 1 atom stereocenters. The smallest absolute Gasteiger partial charge is 0.127 e. The number of nitrogens with zero attached hydrogens (tertiary/aromatic N) is 1. The maximum absolute atomic E-state index is 14.0. The molecule has 2 aromatic rings. The highest BCUT2D eigenvalue weighted by Gasteiger charge is 2.33. The Bertz CT molecular complexity index is 588. The number of halogens is 2. The van der Waals surface area contributed by atoms with Crippen LogP contribution in [-0.2, 0) is 11.8 Å². The topological polar surface area (TPSA) is 59.1 Å². The summed E-state index contributed by atoms with van der Waals surface area (Å²) in [7, 11) is 0. The second kappa shape index (κ2) is 6.43. The molecule has 1 unspecified atom stereocenters. The quantitative estimate of drug-likeness (QED) is 0.880. The van der Waals surface area contributed by atoms with Crippen LogP contribution in [0, 0.1) is 5.82 Å². The van der Waals surface area contributed by atoms with Gasteiger partial charge in [-0.1, -0.05) is 18.2 Å². The third-order valence-electron chi connectivity index (χ3n) is 3.44. The molecule has 1 aromatic heterocycles. The van der Waals surface area contributed by atoms with Crippen LogP contribution in [0.15, 0.2) is 47.2 Å². The summed E-state index contributed by atoms with van der Waals surface area (Å²) in [5.74, 6) is -0.352. The van der Waals surface area contributed by atoms with E-state index in [-0.39, 0.29) is 19.0 Å². The molecule has 0 fully saturated rings. The molecule has 0 saturated carbocycles. The zero-order valence-electron chi connectivity index (χ0n) is 10.9. The lowest BCUT2D eigenvalue weighted by atomic mass is 9.76. The summed E-state index contributed by atoms with van der Waals surface area (Å²) in [6.07, 6.45) is 3.80. The van der Waals surface area contributed by atoms with Gasteiger partial charge in [0.2, 0.25) is 0 Å². The van der Waals surface area contributed by atoms with E-state index in [2.05, 4.69) is 20.9 Å². The van der Waals surface area contributed by atoms with Gasteiger partial charge in [0.25, 0.3) is 0 Å². The zero-order valence-corrected chi connectivity index (χ0v) is 12.5. The predicted molar refractivity (Wildman–Crippen MR) is 79.9 cm³/mol. The molecule has 0 aliphatic carbocycles. The number of pyridine rings is 1. The zero-order chi connectivity index (χ0) is 14.6. The van der Waals surface area contributed by atoms with Gasteiger partial charge in [-0.15, -0.1) is 0 Å². The Labute approximate surface area is 125 Å². The van der Waals surface area contributed by atoms with Gasteiger partial charge < -0.3 is 10.8 Å². The molecule has 3 nitrogen and oxygen atoms in total. The Hall–Kier alpha value is -1.30. The second-order valence-electron chi connectivity index (χ2n) is 4.81. The Morgan fingerprint density at radius 1 is 1.30 bits per heavy atom. The van der Waals surface area contributed by atoms with E-state index < -0.39 is 5.41 Å². The Kier molecular flexibility index (Phi) is 4.86. The molecule has 0 aliphatic heterocycles. The van der Waals surface area contributed by atoms with Crippen LogP contribution in [0.4, 0.5) is 4.39 Å². The number of aliphatic hydroxyl groups excluding tert-OH is 1. The molecule has 2 rings (SSSR count). The minimum atomic E-state index is -0.839. The van der Waals surface area contributed by atoms with Crippen molar-refractivity contribution in [3.63, 3.8) is 0 Å². The van der Waals surface area contributed by atoms with E-state index in [0.29, 0.717) is 12.0 Å². The molecule has 0 aliphatic rings. The van der Waals surface area contributed by atoms with Gasteiger partial charge in [0.15, 0.2) is 0 Å². The molecule has 5 heteroatoms. The first-order valence-corrected chi connectivity index (χ1v) is 7.06. The van der Waals surface area contributed by atoms with E-state index in [4.69, 9.17) is 5.73 Å². The normalized spacial score (nSPS) is 14.0. The van der Waals surface area contributed by atoms with Crippen LogP contribution >= 0.6 is 15.9 Å². The highest BCUT2D eigenvalue weighted by Crippen LogP contribution is 2.30. The van der Waals surface area contributed by atoms with Crippen molar-refractivity contribution in [1.29, 1.82) is 0 Å². The van der Waals surface area contributed by atoms with Crippen molar-refractivity contribution in [2.75, 3.05) is 13.2 Å². The van der Waals surface area contributed by atoms with Gasteiger partial charge in [-0.3, -0.25) is 4.98 Å². The van der Waals surface area contributed by atoms with E-state index in [9.17, 15) is 9.50 Å². The maximum atomic E-state index is 14.0. The van der Waals surface area contributed by atoms with Gasteiger partial charge in [0, 0.05) is 28.8 Å². The molecule has 0 spiro atoms. The summed E-state index contributed by atoms with van der Waals surface area (Å²) in [5.41, 5.74) is 6.33.